The minimum atomic E-state index is -0.443. The van der Waals surface area contributed by atoms with E-state index in [-0.39, 0.29) is 5.91 Å². The summed E-state index contributed by atoms with van der Waals surface area (Å²) in [4.78, 5) is 25.2. The Balaban J connectivity index is 2.23. The molecule has 0 spiro atoms. The van der Waals surface area contributed by atoms with Crippen LogP contribution in [0.15, 0.2) is 30.3 Å². The summed E-state index contributed by atoms with van der Waals surface area (Å²) in [6, 6.07) is 7.24. The lowest BCUT2D eigenvalue weighted by Gasteiger charge is -2.05. The van der Waals surface area contributed by atoms with E-state index in [1.54, 1.807) is 12.1 Å². The molecule has 0 fully saturated rings. The van der Waals surface area contributed by atoms with Gasteiger partial charge in [-0.25, -0.2) is 4.79 Å². The Morgan fingerprint density at radius 3 is 2.67 bits per heavy atom. The van der Waals surface area contributed by atoms with Crippen LogP contribution in [0.5, 0.6) is 0 Å². The molecule has 1 aromatic carbocycles. The van der Waals surface area contributed by atoms with Crippen molar-refractivity contribution in [1.82, 2.24) is 0 Å². The van der Waals surface area contributed by atoms with Gasteiger partial charge in [0.05, 0.1) is 12.7 Å². The van der Waals surface area contributed by atoms with Gasteiger partial charge in [-0.3, -0.25) is 4.79 Å². The Morgan fingerprint density at radius 2 is 2.04 bits per heavy atom. The first-order valence-electron chi connectivity index (χ1n) is 7.42. The number of methoxy groups -OCH3 is 1. The summed E-state index contributed by atoms with van der Waals surface area (Å²) in [7, 11) is 1.33. The first kappa shape index (κ1) is 18.2. The van der Waals surface area contributed by atoms with Gasteiger partial charge in [0.2, 0.25) is 5.91 Å². The van der Waals surface area contributed by atoms with Crippen molar-refractivity contribution >= 4 is 45.9 Å². The van der Waals surface area contributed by atoms with Gasteiger partial charge < -0.3 is 10.1 Å². The fraction of sp³-hybridized carbons (Fsp3) is 0.222. The maximum atomic E-state index is 12.2. The molecule has 6 heteroatoms. The molecule has 2 rings (SSSR count). The fourth-order valence-corrected chi connectivity index (χ4v) is 3.67. The second-order valence-electron chi connectivity index (χ2n) is 5.03. The van der Waals surface area contributed by atoms with Gasteiger partial charge in [0.15, 0.2) is 0 Å². The Bertz CT molecular complexity index is 796. The molecule has 0 saturated heterocycles. The number of hydrogen-bond acceptors (Lipinski definition) is 4. The lowest BCUT2D eigenvalue weighted by atomic mass is 10.1. The van der Waals surface area contributed by atoms with Gasteiger partial charge in [0.1, 0.15) is 5.00 Å². The Kier molecular flexibility index (Phi) is 6.17. The molecule has 1 heterocycles. The molecule has 24 heavy (non-hydrogen) atoms. The number of esters is 1. The molecule has 0 aliphatic rings. The van der Waals surface area contributed by atoms with Gasteiger partial charge in [0, 0.05) is 16.0 Å². The van der Waals surface area contributed by atoms with Gasteiger partial charge in [-0.1, -0.05) is 36.7 Å². The fourth-order valence-electron chi connectivity index (χ4n) is 2.34. The second-order valence-corrected chi connectivity index (χ2v) is 6.66. The zero-order valence-electron chi connectivity index (χ0n) is 13.7. The molecule has 0 radical (unpaired) electrons. The number of aryl methyl sites for hydroxylation is 1. The van der Waals surface area contributed by atoms with Crippen molar-refractivity contribution < 1.29 is 14.3 Å². The lowest BCUT2D eigenvalue weighted by Crippen LogP contribution is -2.12. The third-order valence-corrected chi connectivity index (χ3v) is 4.92. The molecule has 2 aromatic rings. The predicted molar refractivity (Wildman–Crippen MR) is 98.9 cm³/mol. The summed E-state index contributed by atoms with van der Waals surface area (Å²) >= 11 is 7.42. The van der Waals surface area contributed by atoms with E-state index in [4.69, 9.17) is 16.3 Å². The van der Waals surface area contributed by atoms with Crippen molar-refractivity contribution in [3.8, 4) is 0 Å². The molecule has 0 unspecified atom stereocenters. The van der Waals surface area contributed by atoms with E-state index in [1.807, 2.05) is 32.0 Å². The Morgan fingerprint density at radius 1 is 1.33 bits per heavy atom. The highest BCUT2D eigenvalue weighted by molar-refractivity contribution is 7.16. The molecule has 0 saturated carbocycles. The molecule has 1 aromatic heterocycles. The van der Waals surface area contributed by atoms with E-state index in [1.165, 1.54) is 24.5 Å². The predicted octanol–water partition coefficient (Wildman–Crippen LogP) is 4.71. The third-order valence-electron chi connectivity index (χ3n) is 3.51. The van der Waals surface area contributed by atoms with E-state index in [0.717, 1.165) is 16.0 Å². The molecular weight excluding hydrogens is 346 g/mol. The average molecular weight is 364 g/mol. The summed E-state index contributed by atoms with van der Waals surface area (Å²) in [5.41, 5.74) is 2.08. The Hall–Kier alpha value is -2.11. The summed E-state index contributed by atoms with van der Waals surface area (Å²) in [6.45, 7) is 3.88. The number of hydrogen-bond donors (Lipinski definition) is 1. The molecule has 4 nitrogen and oxygen atoms in total. The lowest BCUT2D eigenvalue weighted by molar-refractivity contribution is -0.111. The molecule has 0 bridgehead atoms. The summed E-state index contributed by atoms with van der Waals surface area (Å²) < 4.78 is 4.84. The van der Waals surface area contributed by atoms with E-state index in [0.29, 0.717) is 22.0 Å². The normalized spacial score (nSPS) is 10.8. The SMILES string of the molecule is CCc1c(C)sc(NC(=O)/C=C/c2ccccc2Cl)c1C(=O)OC. The first-order valence-corrected chi connectivity index (χ1v) is 8.61. The second kappa shape index (κ2) is 8.13. The molecule has 0 aliphatic heterocycles. The number of ether oxygens (including phenoxy) is 1. The van der Waals surface area contributed by atoms with Crippen molar-refractivity contribution in [2.75, 3.05) is 12.4 Å². The topological polar surface area (TPSA) is 55.4 Å². The van der Waals surface area contributed by atoms with Gasteiger partial charge >= 0.3 is 5.97 Å². The van der Waals surface area contributed by atoms with E-state index in [2.05, 4.69) is 5.32 Å². The standard InChI is InChI=1S/C18H18ClNO3S/c1-4-13-11(2)24-17(16(13)18(22)23-3)20-15(21)10-9-12-7-5-6-8-14(12)19/h5-10H,4H2,1-3H3,(H,20,21)/b10-9+. The summed E-state index contributed by atoms with van der Waals surface area (Å²) in [6.07, 6.45) is 3.72. The maximum absolute atomic E-state index is 12.2. The van der Waals surface area contributed by atoms with Gasteiger partial charge in [-0.05, 0) is 36.6 Å². The van der Waals surface area contributed by atoms with Crippen LogP contribution in [0.1, 0.15) is 33.3 Å². The van der Waals surface area contributed by atoms with E-state index < -0.39 is 5.97 Å². The highest BCUT2D eigenvalue weighted by Crippen LogP contribution is 2.34. The smallest absolute Gasteiger partial charge is 0.341 e. The minimum Gasteiger partial charge on any atom is -0.465 e. The molecule has 0 aliphatic carbocycles. The maximum Gasteiger partial charge on any atom is 0.341 e. The minimum absolute atomic E-state index is 0.330. The Labute approximate surface area is 150 Å². The van der Waals surface area contributed by atoms with E-state index in [9.17, 15) is 9.59 Å². The number of carbonyl (C=O) groups excluding carboxylic acids is 2. The molecule has 0 atom stereocenters. The highest BCUT2D eigenvalue weighted by Gasteiger charge is 2.22. The van der Waals surface area contributed by atoms with Crippen LogP contribution in [0.25, 0.3) is 6.08 Å². The monoisotopic (exact) mass is 363 g/mol. The molecule has 1 N–H and O–H groups in total. The van der Waals surface area contributed by atoms with Crippen molar-refractivity contribution in [2.45, 2.75) is 20.3 Å². The number of benzene rings is 1. The van der Waals surface area contributed by atoms with Crippen LogP contribution in [-0.2, 0) is 16.0 Å². The zero-order chi connectivity index (χ0) is 17.7. The van der Waals surface area contributed by atoms with Crippen LogP contribution in [0.2, 0.25) is 5.02 Å². The number of amides is 1. The molecule has 1 amide bonds. The molecular formula is C18H18ClNO3S. The van der Waals surface area contributed by atoms with Crippen LogP contribution in [0.4, 0.5) is 5.00 Å². The third kappa shape index (κ3) is 4.04. The number of carbonyl (C=O) groups is 2. The quantitative estimate of drug-likeness (QED) is 0.618. The zero-order valence-corrected chi connectivity index (χ0v) is 15.3. The summed E-state index contributed by atoms with van der Waals surface area (Å²) in [5, 5.41) is 3.83. The van der Waals surface area contributed by atoms with Crippen molar-refractivity contribution in [2.24, 2.45) is 0 Å². The number of anilines is 1. The van der Waals surface area contributed by atoms with Crippen LogP contribution >= 0.6 is 22.9 Å². The largest absolute Gasteiger partial charge is 0.465 e. The molecule has 126 valence electrons. The number of rotatable bonds is 5. The van der Waals surface area contributed by atoms with Gasteiger partial charge in [-0.15, -0.1) is 11.3 Å². The van der Waals surface area contributed by atoms with Crippen LogP contribution in [-0.4, -0.2) is 19.0 Å². The number of thiophene rings is 1. The summed E-state index contributed by atoms with van der Waals surface area (Å²) in [5.74, 6) is -0.773. The van der Waals surface area contributed by atoms with Crippen molar-refractivity contribution in [3.05, 3.63) is 56.9 Å². The van der Waals surface area contributed by atoms with Crippen LogP contribution in [0.3, 0.4) is 0 Å². The van der Waals surface area contributed by atoms with Crippen molar-refractivity contribution in [3.63, 3.8) is 0 Å². The average Bonchev–Trinajstić information content (AvgIpc) is 2.88. The van der Waals surface area contributed by atoms with Gasteiger partial charge in [0.25, 0.3) is 0 Å². The van der Waals surface area contributed by atoms with E-state index >= 15 is 0 Å². The van der Waals surface area contributed by atoms with Crippen LogP contribution in [0, 0.1) is 6.92 Å². The van der Waals surface area contributed by atoms with Gasteiger partial charge in [-0.2, -0.15) is 0 Å². The number of nitrogens with one attached hydrogen (secondary N) is 1. The van der Waals surface area contributed by atoms with Crippen molar-refractivity contribution in [1.29, 1.82) is 0 Å². The van der Waals surface area contributed by atoms with Crippen LogP contribution < -0.4 is 5.32 Å². The number of halogens is 1. The highest BCUT2D eigenvalue weighted by atomic mass is 35.5. The first-order chi connectivity index (χ1) is 11.5.